The van der Waals surface area contributed by atoms with Gasteiger partial charge in [0.2, 0.25) is 0 Å². The quantitative estimate of drug-likeness (QED) is 0.690. The van der Waals surface area contributed by atoms with Crippen LogP contribution >= 0.6 is 0 Å². The molecule has 0 aliphatic rings. The van der Waals surface area contributed by atoms with Gasteiger partial charge in [0.1, 0.15) is 18.1 Å². The van der Waals surface area contributed by atoms with Crippen molar-refractivity contribution in [3.8, 4) is 11.5 Å². The van der Waals surface area contributed by atoms with E-state index in [2.05, 4.69) is 44.1 Å². The summed E-state index contributed by atoms with van der Waals surface area (Å²) in [6.07, 6.45) is 0. The van der Waals surface area contributed by atoms with Crippen LogP contribution in [0.5, 0.6) is 11.5 Å². The van der Waals surface area contributed by atoms with Crippen molar-refractivity contribution in [1.82, 2.24) is 10.6 Å². The summed E-state index contributed by atoms with van der Waals surface area (Å²) in [6, 6.07) is 16.0. The van der Waals surface area contributed by atoms with Crippen LogP contribution in [-0.2, 0) is 13.2 Å². The van der Waals surface area contributed by atoms with E-state index in [9.17, 15) is 0 Å². The van der Waals surface area contributed by atoms with Crippen molar-refractivity contribution in [2.24, 2.45) is 0 Å². The number of hydrogen-bond acceptors (Lipinski definition) is 4. The third kappa shape index (κ3) is 6.71. The van der Waals surface area contributed by atoms with E-state index < -0.39 is 0 Å². The third-order valence-corrected chi connectivity index (χ3v) is 3.59. The average molecular weight is 354 g/mol. The van der Waals surface area contributed by atoms with E-state index in [4.69, 9.17) is 9.47 Å². The Bertz CT molecular complexity index is 706. The Morgan fingerprint density at radius 3 is 2.42 bits per heavy atom. The molecule has 0 unspecified atom stereocenters. The van der Waals surface area contributed by atoms with Gasteiger partial charge in [0, 0.05) is 17.6 Å². The minimum absolute atomic E-state index is 0.0296. The highest BCUT2D eigenvalue weighted by Gasteiger charge is 2.11. The SMILES string of the molecule is C=C(NCc1cc(COc2ccccc2)ccc1OCC)NC(C)(C)C. The summed E-state index contributed by atoms with van der Waals surface area (Å²) in [5.74, 6) is 2.54. The van der Waals surface area contributed by atoms with E-state index in [0.29, 0.717) is 19.8 Å². The summed E-state index contributed by atoms with van der Waals surface area (Å²) in [4.78, 5) is 0. The van der Waals surface area contributed by atoms with E-state index in [1.54, 1.807) is 0 Å². The molecule has 0 heterocycles. The van der Waals surface area contributed by atoms with Crippen molar-refractivity contribution in [2.45, 2.75) is 46.4 Å². The molecule has 140 valence electrons. The smallest absolute Gasteiger partial charge is 0.124 e. The van der Waals surface area contributed by atoms with Crippen molar-refractivity contribution in [3.63, 3.8) is 0 Å². The first-order valence-electron chi connectivity index (χ1n) is 9.01. The second-order valence-electron chi connectivity index (χ2n) is 7.18. The summed E-state index contributed by atoms with van der Waals surface area (Å²) in [5, 5.41) is 6.66. The van der Waals surface area contributed by atoms with Crippen molar-refractivity contribution < 1.29 is 9.47 Å². The molecule has 0 aliphatic carbocycles. The van der Waals surface area contributed by atoms with Crippen LogP contribution in [0.4, 0.5) is 0 Å². The maximum atomic E-state index is 5.85. The molecule has 0 radical (unpaired) electrons. The zero-order chi connectivity index (χ0) is 19.0. The molecule has 2 rings (SSSR count). The first-order chi connectivity index (χ1) is 12.4. The van der Waals surface area contributed by atoms with Gasteiger partial charge < -0.3 is 20.1 Å². The fourth-order valence-corrected chi connectivity index (χ4v) is 2.54. The Morgan fingerprint density at radius 2 is 1.77 bits per heavy atom. The minimum Gasteiger partial charge on any atom is -0.494 e. The lowest BCUT2D eigenvalue weighted by Crippen LogP contribution is -2.39. The zero-order valence-corrected chi connectivity index (χ0v) is 16.3. The molecule has 0 aromatic heterocycles. The van der Waals surface area contributed by atoms with Gasteiger partial charge in [-0.25, -0.2) is 0 Å². The maximum Gasteiger partial charge on any atom is 0.124 e. The highest BCUT2D eigenvalue weighted by Crippen LogP contribution is 2.22. The lowest BCUT2D eigenvalue weighted by molar-refractivity contribution is 0.305. The van der Waals surface area contributed by atoms with Crippen molar-refractivity contribution >= 4 is 0 Å². The van der Waals surface area contributed by atoms with Gasteiger partial charge in [-0.15, -0.1) is 0 Å². The third-order valence-electron chi connectivity index (χ3n) is 3.59. The molecule has 0 spiro atoms. The molecule has 0 fully saturated rings. The van der Waals surface area contributed by atoms with E-state index in [1.807, 2.05) is 49.4 Å². The Balaban J connectivity index is 2.03. The number of hydrogen-bond donors (Lipinski definition) is 2. The predicted molar refractivity (Wildman–Crippen MR) is 107 cm³/mol. The molecule has 0 atom stereocenters. The largest absolute Gasteiger partial charge is 0.494 e. The molecular formula is C22H30N2O2. The topological polar surface area (TPSA) is 42.5 Å². The minimum atomic E-state index is -0.0296. The fourth-order valence-electron chi connectivity index (χ4n) is 2.54. The molecule has 2 aromatic rings. The molecule has 0 bridgehead atoms. The van der Waals surface area contributed by atoms with Crippen LogP contribution in [0.25, 0.3) is 0 Å². The van der Waals surface area contributed by atoms with Crippen molar-refractivity contribution in [2.75, 3.05) is 6.61 Å². The van der Waals surface area contributed by atoms with E-state index in [0.717, 1.165) is 28.4 Å². The summed E-state index contributed by atoms with van der Waals surface area (Å²) in [6.45, 7) is 14.1. The van der Waals surface area contributed by atoms with E-state index in [-0.39, 0.29) is 5.54 Å². The average Bonchev–Trinajstić information content (AvgIpc) is 2.59. The van der Waals surface area contributed by atoms with Crippen LogP contribution in [0.2, 0.25) is 0 Å². The lowest BCUT2D eigenvalue weighted by Gasteiger charge is -2.24. The number of rotatable bonds is 9. The van der Waals surface area contributed by atoms with Gasteiger partial charge in [-0.2, -0.15) is 0 Å². The highest BCUT2D eigenvalue weighted by molar-refractivity contribution is 5.37. The van der Waals surface area contributed by atoms with Gasteiger partial charge in [-0.3, -0.25) is 0 Å². The summed E-state index contributed by atoms with van der Waals surface area (Å²) >= 11 is 0. The van der Waals surface area contributed by atoms with Crippen LogP contribution in [0, 0.1) is 0 Å². The van der Waals surface area contributed by atoms with Gasteiger partial charge >= 0.3 is 0 Å². The summed E-state index contributed by atoms with van der Waals surface area (Å²) in [7, 11) is 0. The second-order valence-corrected chi connectivity index (χ2v) is 7.18. The zero-order valence-electron chi connectivity index (χ0n) is 16.3. The Hall–Kier alpha value is -2.62. The molecular weight excluding hydrogens is 324 g/mol. The lowest BCUT2D eigenvalue weighted by atomic mass is 10.1. The Morgan fingerprint density at radius 1 is 1.04 bits per heavy atom. The standard InChI is InChI=1S/C22H30N2O2/c1-6-25-21-13-12-18(16-26-20-10-8-7-9-11-20)14-19(21)15-23-17(2)24-22(3,4)5/h7-14,23-24H,2,6,15-16H2,1,3-5H3. The monoisotopic (exact) mass is 354 g/mol. The van der Waals surface area contributed by atoms with Crippen LogP contribution < -0.4 is 20.1 Å². The number of nitrogens with one attached hydrogen (secondary N) is 2. The number of para-hydroxylation sites is 1. The molecule has 0 saturated heterocycles. The van der Waals surface area contributed by atoms with Gasteiger partial charge in [-0.05, 0) is 57.5 Å². The molecule has 0 aliphatic heterocycles. The molecule has 4 nitrogen and oxygen atoms in total. The van der Waals surface area contributed by atoms with Gasteiger partial charge in [0.15, 0.2) is 0 Å². The first-order valence-corrected chi connectivity index (χ1v) is 9.01. The molecule has 0 saturated carbocycles. The van der Waals surface area contributed by atoms with Crippen LogP contribution in [0.1, 0.15) is 38.8 Å². The van der Waals surface area contributed by atoms with Crippen LogP contribution in [0.15, 0.2) is 60.9 Å². The van der Waals surface area contributed by atoms with E-state index >= 15 is 0 Å². The first kappa shape index (κ1) is 19.7. The summed E-state index contributed by atoms with van der Waals surface area (Å²) < 4.78 is 11.6. The van der Waals surface area contributed by atoms with Crippen molar-refractivity contribution in [3.05, 3.63) is 72.1 Å². The van der Waals surface area contributed by atoms with E-state index in [1.165, 1.54) is 0 Å². The normalized spacial score (nSPS) is 10.9. The van der Waals surface area contributed by atoms with Crippen molar-refractivity contribution in [1.29, 1.82) is 0 Å². The van der Waals surface area contributed by atoms with Crippen LogP contribution in [0.3, 0.4) is 0 Å². The maximum absolute atomic E-state index is 5.85. The Labute approximate surface area is 157 Å². The van der Waals surface area contributed by atoms with Gasteiger partial charge in [0.05, 0.1) is 12.4 Å². The molecule has 26 heavy (non-hydrogen) atoms. The van der Waals surface area contributed by atoms with Gasteiger partial charge in [-0.1, -0.05) is 30.8 Å². The molecule has 2 aromatic carbocycles. The second kappa shape index (κ2) is 9.18. The number of benzene rings is 2. The predicted octanol–water partition coefficient (Wildman–Crippen LogP) is 4.61. The molecule has 2 N–H and O–H groups in total. The van der Waals surface area contributed by atoms with Crippen LogP contribution in [-0.4, -0.2) is 12.1 Å². The number of ether oxygens (including phenoxy) is 2. The van der Waals surface area contributed by atoms with Gasteiger partial charge in [0.25, 0.3) is 0 Å². The highest BCUT2D eigenvalue weighted by atomic mass is 16.5. The Kier molecular flexibility index (Phi) is 6.96. The summed E-state index contributed by atoms with van der Waals surface area (Å²) in [5.41, 5.74) is 2.15. The molecule has 4 heteroatoms. The fraction of sp³-hybridized carbons (Fsp3) is 0.364. The molecule has 0 amide bonds.